The molecule has 7 heteroatoms. The van der Waals surface area contributed by atoms with Gasteiger partial charge in [-0.1, -0.05) is 33.2 Å². The molecule has 146 valence electrons. The number of nitrogens with one attached hydrogen (secondary N) is 1. The number of nitroso groups, excluding NO2 is 1. The Balaban J connectivity index is 2.05. The average Bonchev–Trinajstić information content (AvgIpc) is 3.04. The van der Waals surface area contributed by atoms with E-state index in [4.69, 9.17) is 4.74 Å². The number of hydrogen-bond acceptors (Lipinski definition) is 6. The van der Waals surface area contributed by atoms with Crippen LogP contribution in [-0.2, 0) is 9.53 Å². The van der Waals surface area contributed by atoms with Crippen molar-refractivity contribution in [3.05, 3.63) is 4.91 Å². The van der Waals surface area contributed by atoms with Crippen molar-refractivity contribution in [2.75, 3.05) is 18.9 Å². The lowest BCUT2D eigenvalue weighted by molar-refractivity contribution is -0.121. The first-order chi connectivity index (χ1) is 11.7. The molecule has 1 atom stereocenters. The van der Waals surface area contributed by atoms with Crippen LogP contribution < -0.4 is 5.32 Å². The van der Waals surface area contributed by atoms with Gasteiger partial charge in [0.15, 0.2) is 0 Å². The molecular weight excluding hydrogens is 356 g/mol. The van der Waals surface area contributed by atoms with Gasteiger partial charge in [0.2, 0.25) is 5.91 Å². The fraction of sp³-hybridized carbons (Fsp3) is 0.944. The first-order valence-electron chi connectivity index (χ1n) is 9.27. The second kappa shape index (κ2) is 11.4. The van der Waals surface area contributed by atoms with E-state index in [-0.39, 0.29) is 11.5 Å². The summed E-state index contributed by atoms with van der Waals surface area (Å²) in [5.41, 5.74) is -0.899. The van der Waals surface area contributed by atoms with Crippen molar-refractivity contribution >= 4 is 27.5 Å². The van der Waals surface area contributed by atoms with Gasteiger partial charge in [0.1, 0.15) is 0 Å². The van der Waals surface area contributed by atoms with Gasteiger partial charge in [-0.25, -0.2) is 0 Å². The standard InChI is InChI=1S/C18H34N2O3S2/c1-17(2,20-22)11-13-23-18(3,4)10-12-19-16(21)8-6-5-7-15-9-14-24-25-15/h15H,5-14H2,1-4H3,(H,19,21). The molecule has 0 aliphatic carbocycles. The van der Waals surface area contributed by atoms with Crippen LogP contribution in [0.1, 0.15) is 72.6 Å². The van der Waals surface area contributed by atoms with Crippen molar-refractivity contribution in [3.63, 3.8) is 0 Å². The number of amides is 1. The SMILES string of the molecule is CC(C)(CCOC(C)(C)CCNC(=O)CCCCC1CCSS1)N=O. The van der Waals surface area contributed by atoms with E-state index in [9.17, 15) is 9.70 Å². The van der Waals surface area contributed by atoms with Crippen molar-refractivity contribution in [3.8, 4) is 0 Å². The van der Waals surface area contributed by atoms with Crippen LogP contribution in [0, 0.1) is 4.91 Å². The van der Waals surface area contributed by atoms with Crippen molar-refractivity contribution in [2.45, 2.75) is 89.0 Å². The van der Waals surface area contributed by atoms with Crippen molar-refractivity contribution < 1.29 is 9.53 Å². The lowest BCUT2D eigenvalue weighted by Gasteiger charge is -2.27. The Labute approximate surface area is 160 Å². The number of unbranched alkanes of at least 4 members (excludes halogenated alkanes) is 1. The van der Waals surface area contributed by atoms with E-state index >= 15 is 0 Å². The summed E-state index contributed by atoms with van der Waals surface area (Å²) in [6, 6.07) is 0. The van der Waals surface area contributed by atoms with Gasteiger partial charge < -0.3 is 10.1 Å². The smallest absolute Gasteiger partial charge is 0.219 e. The molecule has 1 unspecified atom stereocenters. The van der Waals surface area contributed by atoms with Gasteiger partial charge in [-0.3, -0.25) is 4.79 Å². The number of carbonyl (C=O) groups excluding carboxylic acids is 1. The molecule has 1 saturated heterocycles. The molecule has 0 aromatic carbocycles. The fourth-order valence-electron chi connectivity index (χ4n) is 2.51. The predicted molar refractivity (Wildman–Crippen MR) is 109 cm³/mol. The number of nitrogens with zero attached hydrogens (tertiary/aromatic N) is 1. The molecule has 1 heterocycles. The predicted octanol–water partition coefficient (Wildman–Crippen LogP) is 4.94. The highest BCUT2D eigenvalue weighted by molar-refractivity contribution is 8.77. The Morgan fingerprint density at radius 1 is 1.24 bits per heavy atom. The molecule has 0 saturated carbocycles. The molecule has 0 spiro atoms. The highest BCUT2D eigenvalue weighted by Crippen LogP contribution is 2.39. The summed E-state index contributed by atoms with van der Waals surface area (Å²) in [6.07, 6.45) is 6.63. The highest BCUT2D eigenvalue weighted by Gasteiger charge is 2.22. The summed E-state index contributed by atoms with van der Waals surface area (Å²) in [5, 5.41) is 6.88. The van der Waals surface area contributed by atoms with E-state index in [1.54, 1.807) is 13.8 Å². The van der Waals surface area contributed by atoms with Crippen LogP contribution in [-0.4, -0.2) is 41.2 Å². The van der Waals surface area contributed by atoms with E-state index in [2.05, 4.69) is 10.5 Å². The molecule has 5 nitrogen and oxygen atoms in total. The minimum Gasteiger partial charge on any atom is -0.375 e. The second-order valence-electron chi connectivity index (χ2n) is 7.94. The molecule has 0 aromatic rings. The van der Waals surface area contributed by atoms with E-state index in [0.29, 0.717) is 26.0 Å². The normalized spacial score (nSPS) is 18.3. The van der Waals surface area contributed by atoms with Crippen molar-refractivity contribution in [1.29, 1.82) is 0 Å². The highest BCUT2D eigenvalue weighted by atomic mass is 33.1. The summed E-state index contributed by atoms with van der Waals surface area (Å²) in [4.78, 5) is 22.6. The Morgan fingerprint density at radius 3 is 2.64 bits per heavy atom. The third kappa shape index (κ3) is 11.1. The van der Waals surface area contributed by atoms with Gasteiger partial charge in [0, 0.05) is 30.6 Å². The van der Waals surface area contributed by atoms with Crippen LogP contribution in [0.2, 0.25) is 0 Å². The molecule has 0 radical (unpaired) electrons. The number of rotatable bonds is 13. The van der Waals surface area contributed by atoms with Gasteiger partial charge in [-0.15, -0.1) is 0 Å². The van der Waals surface area contributed by atoms with Crippen LogP contribution >= 0.6 is 21.6 Å². The lowest BCUT2D eigenvalue weighted by Crippen LogP contribution is -2.34. The average molecular weight is 391 g/mol. The van der Waals surface area contributed by atoms with Gasteiger partial charge in [0.05, 0.1) is 11.1 Å². The minimum atomic E-state index is -0.583. The summed E-state index contributed by atoms with van der Waals surface area (Å²) in [7, 11) is 3.98. The summed E-state index contributed by atoms with van der Waals surface area (Å²) in [5.74, 6) is 1.41. The van der Waals surface area contributed by atoms with Crippen LogP contribution in [0.4, 0.5) is 0 Å². The third-order valence-electron chi connectivity index (χ3n) is 4.41. The lowest BCUT2D eigenvalue weighted by atomic mass is 10.0. The van der Waals surface area contributed by atoms with Crippen LogP contribution in [0.25, 0.3) is 0 Å². The Morgan fingerprint density at radius 2 is 2.00 bits per heavy atom. The number of ether oxygens (including phenoxy) is 1. The molecule has 25 heavy (non-hydrogen) atoms. The van der Waals surface area contributed by atoms with E-state index < -0.39 is 5.54 Å². The second-order valence-corrected chi connectivity index (χ2v) is 10.7. The van der Waals surface area contributed by atoms with Crippen molar-refractivity contribution in [2.24, 2.45) is 5.18 Å². The van der Waals surface area contributed by atoms with Gasteiger partial charge in [0.25, 0.3) is 0 Å². The van der Waals surface area contributed by atoms with Gasteiger partial charge in [-0.2, -0.15) is 4.91 Å². The summed E-state index contributed by atoms with van der Waals surface area (Å²) < 4.78 is 5.85. The molecule has 1 fully saturated rings. The van der Waals surface area contributed by atoms with E-state index in [1.165, 1.54) is 18.6 Å². The molecule has 0 bridgehead atoms. The zero-order valence-corrected chi connectivity index (χ0v) is 17.8. The van der Waals surface area contributed by atoms with Crippen molar-refractivity contribution in [1.82, 2.24) is 5.32 Å². The maximum absolute atomic E-state index is 11.9. The Kier molecular flexibility index (Phi) is 10.4. The maximum atomic E-state index is 11.9. The third-order valence-corrected chi connectivity index (χ3v) is 7.42. The van der Waals surface area contributed by atoms with Crippen LogP contribution in [0.3, 0.4) is 0 Å². The molecule has 0 aromatic heterocycles. The van der Waals surface area contributed by atoms with Crippen LogP contribution in [0.15, 0.2) is 5.18 Å². The molecular formula is C18H34N2O3S2. The zero-order chi connectivity index (χ0) is 18.8. The quantitative estimate of drug-likeness (QED) is 0.274. The number of carbonyl (C=O) groups is 1. The largest absolute Gasteiger partial charge is 0.375 e. The van der Waals surface area contributed by atoms with Crippen LogP contribution in [0.5, 0.6) is 0 Å². The van der Waals surface area contributed by atoms with Gasteiger partial charge in [-0.05, 0) is 59.8 Å². The molecule has 1 amide bonds. The molecule has 1 aliphatic heterocycles. The molecule has 1 N–H and O–H groups in total. The zero-order valence-electron chi connectivity index (χ0n) is 16.1. The monoisotopic (exact) mass is 390 g/mol. The first kappa shape index (κ1) is 22.8. The Hall–Kier alpha value is -0.270. The van der Waals surface area contributed by atoms with E-state index in [0.717, 1.165) is 24.5 Å². The summed E-state index contributed by atoms with van der Waals surface area (Å²) in [6.45, 7) is 8.75. The minimum absolute atomic E-state index is 0.135. The fourth-order valence-corrected chi connectivity index (χ4v) is 5.54. The first-order valence-corrected chi connectivity index (χ1v) is 11.7. The van der Waals surface area contributed by atoms with Gasteiger partial charge >= 0.3 is 0 Å². The summed E-state index contributed by atoms with van der Waals surface area (Å²) >= 11 is 0. The maximum Gasteiger partial charge on any atom is 0.219 e. The Bertz CT molecular complexity index is 411. The molecule has 1 aliphatic rings. The topological polar surface area (TPSA) is 67.8 Å². The molecule has 1 rings (SSSR count). The number of hydrogen-bond donors (Lipinski definition) is 1. The van der Waals surface area contributed by atoms with E-state index in [1.807, 2.05) is 35.4 Å².